The molecule has 0 atom stereocenters. The molecule has 0 radical (unpaired) electrons. The molecule has 19 heavy (non-hydrogen) atoms. The number of benzene rings is 1. The van der Waals surface area contributed by atoms with Crippen molar-refractivity contribution in [2.75, 3.05) is 31.5 Å². The SMILES string of the molecule is CCN(CC)CCNc1nc2ccccc2cc1C. The number of hydrogen-bond acceptors (Lipinski definition) is 3. The van der Waals surface area contributed by atoms with Gasteiger partial charge in [0.15, 0.2) is 0 Å². The molecule has 1 aromatic carbocycles. The van der Waals surface area contributed by atoms with E-state index in [-0.39, 0.29) is 0 Å². The lowest BCUT2D eigenvalue weighted by molar-refractivity contribution is 0.316. The Labute approximate surface area is 115 Å². The van der Waals surface area contributed by atoms with Gasteiger partial charge in [-0.3, -0.25) is 0 Å². The highest BCUT2D eigenvalue weighted by Gasteiger charge is 2.03. The van der Waals surface area contributed by atoms with E-state index in [1.54, 1.807) is 0 Å². The summed E-state index contributed by atoms with van der Waals surface area (Å²) in [7, 11) is 0. The minimum Gasteiger partial charge on any atom is -0.369 e. The number of anilines is 1. The summed E-state index contributed by atoms with van der Waals surface area (Å²) >= 11 is 0. The highest BCUT2D eigenvalue weighted by molar-refractivity contribution is 5.81. The molecule has 0 fully saturated rings. The average Bonchev–Trinajstić information content (AvgIpc) is 2.44. The molecule has 102 valence electrons. The second-order valence-electron chi connectivity index (χ2n) is 4.80. The van der Waals surface area contributed by atoms with Crippen molar-refractivity contribution in [2.24, 2.45) is 0 Å². The fraction of sp³-hybridized carbons (Fsp3) is 0.438. The van der Waals surface area contributed by atoms with E-state index in [0.717, 1.165) is 37.5 Å². The zero-order valence-electron chi connectivity index (χ0n) is 12.1. The largest absolute Gasteiger partial charge is 0.369 e. The normalized spacial score (nSPS) is 11.2. The van der Waals surface area contributed by atoms with Gasteiger partial charge in [0.25, 0.3) is 0 Å². The number of pyridine rings is 1. The van der Waals surface area contributed by atoms with Crippen molar-refractivity contribution < 1.29 is 0 Å². The predicted octanol–water partition coefficient (Wildman–Crippen LogP) is 3.30. The fourth-order valence-corrected chi connectivity index (χ4v) is 2.27. The van der Waals surface area contributed by atoms with Crippen LogP contribution in [0, 0.1) is 6.92 Å². The van der Waals surface area contributed by atoms with Gasteiger partial charge in [0, 0.05) is 18.5 Å². The van der Waals surface area contributed by atoms with E-state index in [1.807, 2.05) is 6.07 Å². The van der Waals surface area contributed by atoms with Crippen LogP contribution in [0.5, 0.6) is 0 Å². The molecule has 0 saturated heterocycles. The molecule has 0 aliphatic rings. The number of rotatable bonds is 6. The maximum atomic E-state index is 4.69. The van der Waals surface area contributed by atoms with E-state index < -0.39 is 0 Å². The number of hydrogen-bond donors (Lipinski definition) is 1. The third-order valence-corrected chi connectivity index (χ3v) is 3.53. The number of aryl methyl sites for hydroxylation is 1. The fourth-order valence-electron chi connectivity index (χ4n) is 2.27. The van der Waals surface area contributed by atoms with Gasteiger partial charge in [-0.25, -0.2) is 4.98 Å². The maximum Gasteiger partial charge on any atom is 0.129 e. The first kappa shape index (κ1) is 13.8. The van der Waals surface area contributed by atoms with Crippen LogP contribution >= 0.6 is 0 Å². The zero-order chi connectivity index (χ0) is 13.7. The minimum atomic E-state index is 0.938. The van der Waals surface area contributed by atoms with Crippen LogP contribution in [0.2, 0.25) is 0 Å². The molecule has 1 heterocycles. The molecular weight excluding hydrogens is 234 g/mol. The first-order chi connectivity index (χ1) is 9.24. The van der Waals surface area contributed by atoms with Crippen LogP contribution in [0.15, 0.2) is 30.3 Å². The topological polar surface area (TPSA) is 28.2 Å². The third-order valence-electron chi connectivity index (χ3n) is 3.53. The van der Waals surface area contributed by atoms with E-state index in [4.69, 9.17) is 4.98 Å². The monoisotopic (exact) mass is 257 g/mol. The Balaban J connectivity index is 2.06. The molecule has 2 rings (SSSR count). The van der Waals surface area contributed by atoms with Crippen molar-refractivity contribution >= 4 is 16.7 Å². The summed E-state index contributed by atoms with van der Waals surface area (Å²) in [5, 5.41) is 4.65. The average molecular weight is 257 g/mol. The van der Waals surface area contributed by atoms with Gasteiger partial charge in [-0.1, -0.05) is 32.0 Å². The Hall–Kier alpha value is -1.61. The number of nitrogens with one attached hydrogen (secondary N) is 1. The van der Waals surface area contributed by atoms with Gasteiger partial charge in [0.1, 0.15) is 5.82 Å². The van der Waals surface area contributed by atoms with E-state index in [2.05, 4.69) is 55.3 Å². The van der Waals surface area contributed by atoms with Crippen molar-refractivity contribution in [3.63, 3.8) is 0 Å². The molecule has 0 unspecified atom stereocenters. The van der Waals surface area contributed by atoms with Crippen molar-refractivity contribution in [3.05, 3.63) is 35.9 Å². The summed E-state index contributed by atoms with van der Waals surface area (Å²) < 4.78 is 0. The quantitative estimate of drug-likeness (QED) is 0.860. The molecule has 0 saturated carbocycles. The molecule has 3 heteroatoms. The Bertz CT molecular complexity index is 533. The molecule has 1 aromatic heterocycles. The highest BCUT2D eigenvalue weighted by atomic mass is 15.1. The Morgan fingerprint density at radius 3 is 2.63 bits per heavy atom. The first-order valence-electron chi connectivity index (χ1n) is 7.07. The van der Waals surface area contributed by atoms with Crippen molar-refractivity contribution in [3.8, 4) is 0 Å². The molecular formula is C16H23N3. The van der Waals surface area contributed by atoms with Crippen LogP contribution < -0.4 is 5.32 Å². The molecule has 2 aromatic rings. The standard InChI is InChI=1S/C16H23N3/c1-4-19(5-2)11-10-17-16-13(3)12-14-8-6-7-9-15(14)18-16/h6-9,12H,4-5,10-11H2,1-3H3,(H,17,18). The molecule has 0 aliphatic heterocycles. The molecule has 1 N–H and O–H groups in total. The number of likely N-dealkylation sites (N-methyl/N-ethyl adjacent to an activating group) is 1. The number of fused-ring (bicyclic) bond motifs is 1. The van der Waals surface area contributed by atoms with E-state index >= 15 is 0 Å². The van der Waals surface area contributed by atoms with Crippen molar-refractivity contribution in [1.29, 1.82) is 0 Å². The third kappa shape index (κ3) is 3.44. The minimum absolute atomic E-state index is 0.938. The summed E-state index contributed by atoms with van der Waals surface area (Å²) in [5.74, 6) is 1.01. The van der Waals surface area contributed by atoms with Crippen LogP contribution in [-0.4, -0.2) is 36.1 Å². The van der Waals surface area contributed by atoms with Gasteiger partial charge >= 0.3 is 0 Å². The van der Waals surface area contributed by atoms with Gasteiger partial charge in [0.05, 0.1) is 5.52 Å². The van der Waals surface area contributed by atoms with Crippen LogP contribution in [0.4, 0.5) is 5.82 Å². The first-order valence-corrected chi connectivity index (χ1v) is 7.07. The van der Waals surface area contributed by atoms with Crippen LogP contribution in [-0.2, 0) is 0 Å². The Kier molecular flexibility index (Phi) is 4.74. The number of nitrogens with zero attached hydrogens (tertiary/aromatic N) is 2. The van der Waals surface area contributed by atoms with Crippen LogP contribution in [0.3, 0.4) is 0 Å². The zero-order valence-corrected chi connectivity index (χ0v) is 12.1. The molecule has 0 amide bonds. The lowest BCUT2D eigenvalue weighted by atomic mass is 10.1. The molecule has 0 bridgehead atoms. The summed E-state index contributed by atoms with van der Waals surface area (Å²) in [6.45, 7) is 10.7. The van der Waals surface area contributed by atoms with E-state index in [1.165, 1.54) is 10.9 Å². The number of para-hydroxylation sites is 1. The Morgan fingerprint density at radius 2 is 1.89 bits per heavy atom. The molecule has 3 nitrogen and oxygen atoms in total. The van der Waals surface area contributed by atoms with Crippen LogP contribution in [0.1, 0.15) is 19.4 Å². The van der Waals surface area contributed by atoms with Crippen molar-refractivity contribution in [1.82, 2.24) is 9.88 Å². The van der Waals surface area contributed by atoms with Gasteiger partial charge < -0.3 is 10.2 Å². The Morgan fingerprint density at radius 1 is 1.16 bits per heavy atom. The molecule has 0 spiro atoms. The second-order valence-corrected chi connectivity index (χ2v) is 4.80. The number of aromatic nitrogens is 1. The summed E-state index contributed by atoms with van der Waals surface area (Å²) in [5.41, 5.74) is 2.26. The lowest BCUT2D eigenvalue weighted by Gasteiger charge is -2.18. The predicted molar refractivity (Wildman–Crippen MR) is 82.8 cm³/mol. The van der Waals surface area contributed by atoms with Crippen molar-refractivity contribution in [2.45, 2.75) is 20.8 Å². The maximum absolute atomic E-state index is 4.69. The molecule has 0 aliphatic carbocycles. The van der Waals surface area contributed by atoms with Gasteiger partial charge in [-0.15, -0.1) is 0 Å². The van der Waals surface area contributed by atoms with Gasteiger partial charge in [-0.2, -0.15) is 0 Å². The summed E-state index contributed by atoms with van der Waals surface area (Å²) in [4.78, 5) is 7.10. The van der Waals surface area contributed by atoms with E-state index in [9.17, 15) is 0 Å². The summed E-state index contributed by atoms with van der Waals surface area (Å²) in [6.07, 6.45) is 0. The van der Waals surface area contributed by atoms with Crippen LogP contribution in [0.25, 0.3) is 10.9 Å². The van der Waals surface area contributed by atoms with Gasteiger partial charge in [0.2, 0.25) is 0 Å². The second kappa shape index (κ2) is 6.53. The smallest absolute Gasteiger partial charge is 0.129 e. The summed E-state index contributed by atoms with van der Waals surface area (Å²) in [6, 6.07) is 10.4. The highest BCUT2D eigenvalue weighted by Crippen LogP contribution is 2.19. The van der Waals surface area contributed by atoms with Gasteiger partial charge in [-0.05, 0) is 37.7 Å². The van der Waals surface area contributed by atoms with E-state index in [0.29, 0.717) is 0 Å². The lowest BCUT2D eigenvalue weighted by Crippen LogP contribution is -2.28.